The van der Waals surface area contributed by atoms with Gasteiger partial charge in [-0.3, -0.25) is 9.59 Å². The molecule has 3 rings (SSSR count). The molecule has 5 nitrogen and oxygen atoms in total. The largest absolute Gasteiger partial charge is 0.479 e. The van der Waals surface area contributed by atoms with Crippen LogP contribution in [0, 0.1) is 12.8 Å². The summed E-state index contributed by atoms with van der Waals surface area (Å²) in [7, 11) is 0. The van der Waals surface area contributed by atoms with E-state index in [1.807, 2.05) is 63.2 Å². The molecule has 1 heterocycles. The Morgan fingerprint density at radius 3 is 2.46 bits per heavy atom. The second kappa shape index (κ2) is 8.46. The molecule has 2 aromatic rings. The van der Waals surface area contributed by atoms with Crippen molar-refractivity contribution in [3.63, 3.8) is 0 Å². The molecule has 0 fully saturated rings. The summed E-state index contributed by atoms with van der Waals surface area (Å²) in [4.78, 5) is 27.0. The Morgan fingerprint density at radius 1 is 1.14 bits per heavy atom. The summed E-state index contributed by atoms with van der Waals surface area (Å²) in [6.07, 6.45) is 1.06. The summed E-state index contributed by atoms with van der Waals surface area (Å²) >= 11 is 0. The lowest BCUT2D eigenvalue weighted by molar-refractivity contribution is -0.125. The summed E-state index contributed by atoms with van der Waals surface area (Å²) in [5.41, 5.74) is 3.59. The highest BCUT2D eigenvalue weighted by Crippen LogP contribution is 2.37. The number of anilines is 2. The zero-order valence-corrected chi connectivity index (χ0v) is 17.0. The van der Waals surface area contributed by atoms with Crippen LogP contribution in [0.25, 0.3) is 0 Å². The van der Waals surface area contributed by atoms with Gasteiger partial charge in [0.15, 0.2) is 6.10 Å². The van der Waals surface area contributed by atoms with Crippen LogP contribution < -0.4 is 15.0 Å². The topological polar surface area (TPSA) is 58.6 Å². The molecule has 2 aromatic carbocycles. The third-order valence-electron chi connectivity index (χ3n) is 5.25. The van der Waals surface area contributed by atoms with E-state index in [1.165, 1.54) is 5.56 Å². The van der Waals surface area contributed by atoms with Crippen molar-refractivity contribution >= 4 is 23.2 Å². The average Bonchev–Trinajstić information content (AvgIpc) is 2.68. The van der Waals surface area contributed by atoms with Crippen LogP contribution in [0.5, 0.6) is 5.75 Å². The van der Waals surface area contributed by atoms with Crippen molar-refractivity contribution in [2.24, 2.45) is 5.92 Å². The number of aryl methyl sites for hydroxylation is 1. The minimum atomic E-state index is -0.539. The Morgan fingerprint density at radius 2 is 1.82 bits per heavy atom. The van der Waals surface area contributed by atoms with E-state index >= 15 is 0 Å². The van der Waals surface area contributed by atoms with E-state index in [2.05, 4.69) is 5.32 Å². The van der Waals surface area contributed by atoms with Gasteiger partial charge in [0.1, 0.15) is 5.75 Å². The smallest absolute Gasteiger partial charge is 0.268 e. The first-order valence-corrected chi connectivity index (χ1v) is 9.91. The summed E-state index contributed by atoms with van der Waals surface area (Å²) in [6, 6.07) is 13.6. The number of ether oxygens (including phenoxy) is 1. The molecule has 0 saturated carbocycles. The lowest BCUT2D eigenvalue weighted by Gasteiger charge is -2.33. The molecule has 0 spiro atoms. The van der Waals surface area contributed by atoms with Gasteiger partial charge in [-0.25, -0.2) is 0 Å². The van der Waals surface area contributed by atoms with Gasteiger partial charge in [-0.2, -0.15) is 0 Å². The molecule has 0 radical (unpaired) electrons. The van der Waals surface area contributed by atoms with Gasteiger partial charge in [0.05, 0.1) is 12.2 Å². The van der Waals surface area contributed by atoms with Crippen LogP contribution in [-0.2, 0) is 16.1 Å². The maximum Gasteiger partial charge on any atom is 0.268 e. The average molecular weight is 380 g/mol. The molecule has 0 saturated heterocycles. The zero-order valence-electron chi connectivity index (χ0n) is 17.0. The van der Waals surface area contributed by atoms with Crippen molar-refractivity contribution in [1.82, 2.24) is 0 Å². The van der Waals surface area contributed by atoms with Crippen LogP contribution >= 0.6 is 0 Å². The van der Waals surface area contributed by atoms with Crippen molar-refractivity contribution in [3.8, 4) is 5.75 Å². The summed E-state index contributed by atoms with van der Waals surface area (Å²) in [5, 5.41) is 2.98. The normalized spacial score (nSPS) is 16.0. The van der Waals surface area contributed by atoms with E-state index in [1.54, 1.807) is 11.8 Å². The Balaban J connectivity index is 1.89. The first kappa shape index (κ1) is 19.9. The lowest BCUT2D eigenvalue weighted by atomic mass is 10.0. The van der Waals surface area contributed by atoms with Gasteiger partial charge in [-0.1, -0.05) is 43.7 Å². The van der Waals surface area contributed by atoms with Crippen molar-refractivity contribution in [2.45, 2.75) is 53.2 Å². The number of amides is 2. The first-order chi connectivity index (χ1) is 13.4. The molecule has 0 aliphatic carbocycles. The molecule has 5 heteroatoms. The Labute approximate surface area is 166 Å². The fourth-order valence-electron chi connectivity index (χ4n) is 3.43. The van der Waals surface area contributed by atoms with Crippen LogP contribution in [-0.4, -0.2) is 17.9 Å². The van der Waals surface area contributed by atoms with E-state index in [0.717, 1.165) is 18.4 Å². The van der Waals surface area contributed by atoms with E-state index in [0.29, 0.717) is 23.7 Å². The minimum Gasteiger partial charge on any atom is -0.479 e. The molecular formula is C23H28N2O3. The van der Waals surface area contributed by atoms with Crippen LogP contribution in [0.4, 0.5) is 11.4 Å². The summed E-state index contributed by atoms with van der Waals surface area (Å²) in [6.45, 7) is 8.28. The van der Waals surface area contributed by atoms with Gasteiger partial charge in [0.2, 0.25) is 5.91 Å². The lowest BCUT2D eigenvalue weighted by Crippen LogP contribution is -2.44. The summed E-state index contributed by atoms with van der Waals surface area (Å²) in [5.74, 6) is 0.556. The molecule has 28 heavy (non-hydrogen) atoms. The number of hydrogen-bond donors (Lipinski definition) is 1. The monoisotopic (exact) mass is 380 g/mol. The molecule has 1 N–H and O–H groups in total. The SMILES string of the molecule is CCC(CC)C(=O)Nc1ccc2c(c1)N(Cc1ccc(C)cc1)C(=O)C(C)O2. The number of nitrogens with one attached hydrogen (secondary N) is 1. The number of nitrogens with zero attached hydrogens (tertiary/aromatic N) is 1. The zero-order chi connectivity index (χ0) is 20.3. The highest BCUT2D eigenvalue weighted by molar-refractivity contribution is 6.01. The number of rotatable bonds is 6. The van der Waals surface area contributed by atoms with Gasteiger partial charge in [-0.15, -0.1) is 0 Å². The quantitative estimate of drug-likeness (QED) is 0.791. The van der Waals surface area contributed by atoms with Gasteiger partial charge in [-0.05, 0) is 50.5 Å². The number of benzene rings is 2. The molecular weight excluding hydrogens is 352 g/mol. The third-order valence-corrected chi connectivity index (χ3v) is 5.25. The van der Waals surface area contributed by atoms with Crippen molar-refractivity contribution in [3.05, 3.63) is 53.6 Å². The van der Waals surface area contributed by atoms with Crippen LogP contribution in [0.15, 0.2) is 42.5 Å². The molecule has 2 amide bonds. The molecule has 0 bridgehead atoms. The predicted molar refractivity (Wildman–Crippen MR) is 112 cm³/mol. The number of fused-ring (bicyclic) bond motifs is 1. The van der Waals surface area contributed by atoms with E-state index in [-0.39, 0.29) is 17.7 Å². The number of carbonyl (C=O) groups excluding carboxylic acids is 2. The van der Waals surface area contributed by atoms with Crippen molar-refractivity contribution in [2.75, 3.05) is 10.2 Å². The minimum absolute atomic E-state index is 0.00598. The molecule has 0 aromatic heterocycles. The van der Waals surface area contributed by atoms with Crippen LogP contribution in [0.2, 0.25) is 0 Å². The van der Waals surface area contributed by atoms with Gasteiger partial charge < -0.3 is 15.0 Å². The number of hydrogen-bond acceptors (Lipinski definition) is 3. The molecule has 1 aliphatic rings. The Kier molecular flexibility index (Phi) is 6.02. The first-order valence-electron chi connectivity index (χ1n) is 9.91. The highest BCUT2D eigenvalue weighted by Gasteiger charge is 2.32. The fraction of sp³-hybridized carbons (Fsp3) is 0.391. The fourth-order valence-corrected chi connectivity index (χ4v) is 3.43. The standard InChI is InChI=1S/C23H28N2O3/c1-5-18(6-2)22(26)24-19-11-12-21-20(13-19)25(23(27)16(4)28-21)14-17-9-7-15(3)8-10-17/h7-13,16,18H,5-6,14H2,1-4H3,(H,24,26). The summed E-state index contributed by atoms with van der Waals surface area (Å²) < 4.78 is 5.78. The second-order valence-electron chi connectivity index (χ2n) is 7.36. The molecule has 1 unspecified atom stereocenters. The molecule has 148 valence electrons. The molecule has 1 atom stereocenters. The second-order valence-corrected chi connectivity index (χ2v) is 7.36. The Hall–Kier alpha value is -2.82. The highest BCUT2D eigenvalue weighted by atomic mass is 16.5. The van der Waals surface area contributed by atoms with E-state index < -0.39 is 6.10 Å². The third kappa shape index (κ3) is 4.19. The van der Waals surface area contributed by atoms with Gasteiger partial charge in [0.25, 0.3) is 5.91 Å². The maximum absolute atomic E-state index is 12.8. The van der Waals surface area contributed by atoms with Crippen LogP contribution in [0.3, 0.4) is 0 Å². The molecule has 1 aliphatic heterocycles. The van der Waals surface area contributed by atoms with Gasteiger partial charge >= 0.3 is 0 Å². The predicted octanol–water partition coefficient (Wildman–Crippen LogP) is 4.68. The number of carbonyl (C=O) groups is 2. The Bertz CT molecular complexity index is 857. The maximum atomic E-state index is 12.8. The van der Waals surface area contributed by atoms with E-state index in [9.17, 15) is 9.59 Å². The van der Waals surface area contributed by atoms with Gasteiger partial charge in [0, 0.05) is 11.6 Å². The van der Waals surface area contributed by atoms with Crippen molar-refractivity contribution < 1.29 is 14.3 Å². The van der Waals surface area contributed by atoms with E-state index in [4.69, 9.17) is 4.74 Å². The van der Waals surface area contributed by atoms with Crippen LogP contribution in [0.1, 0.15) is 44.7 Å². The van der Waals surface area contributed by atoms with Crippen molar-refractivity contribution in [1.29, 1.82) is 0 Å².